The highest BCUT2D eigenvalue weighted by Gasteiger charge is 2.04. The molecule has 0 saturated carbocycles. The van der Waals surface area contributed by atoms with Gasteiger partial charge in [0.1, 0.15) is 5.75 Å². The van der Waals surface area contributed by atoms with Crippen LogP contribution in [0.25, 0.3) is 0 Å². The summed E-state index contributed by atoms with van der Waals surface area (Å²) >= 11 is 6.02. The molecule has 1 rings (SSSR count). The molecule has 0 amide bonds. The third kappa shape index (κ3) is 7.40. The maximum atomic E-state index is 10.5. The normalized spacial score (nSPS) is 11.5. The summed E-state index contributed by atoms with van der Waals surface area (Å²) in [4.78, 5) is 0. The quantitative estimate of drug-likeness (QED) is 0.590. The van der Waals surface area contributed by atoms with E-state index >= 15 is 0 Å². The predicted molar refractivity (Wildman–Crippen MR) is 76.6 cm³/mol. The second-order valence-corrected chi connectivity index (χ2v) is 6.46. The average Bonchev–Trinajstić information content (AvgIpc) is 2.29. The Kier molecular flexibility index (Phi) is 6.62. The van der Waals surface area contributed by atoms with Crippen LogP contribution in [0.3, 0.4) is 0 Å². The van der Waals surface area contributed by atoms with Crippen molar-refractivity contribution in [1.29, 1.82) is 0 Å². The number of rotatable bonds is 8. The number of benzene rings is 1. The highest BCUT2D eigenvalue weighted by atomic mass is 35.5. The Labute approximate surface area is 119 Å². The Hall–Kier alpha value is -0.780. The summed E-state index contributed by atoms with van der Waals surface area (Å²) in [6, 6.07) is 5.63. The molecule has 0 radical (unpaired) electrons. The van der Waals surface area contributed by atoms with Gasteiger partial charge in [0.05, 0.1) is 17.4 Å². The Morgan fingerprint density at radius 3 is 2.53 bits per heavy atom. The Balaban J connectivity index is 2.14. The molecule has 4 nitrogen and oxygen atoms in total. The summed E-state index contributed by atoms with van der Waals surface area (Å²) in [6.07, 6.45) is 2.92. The van der Waals surface area contributed by atoms with E-state index in [4.69, 9.17) is 20.9 Å². The zero-order valence-corrected chi connectivity index (χ0v) is 12.5. The van der Waals surface area contributed by atoms with Crippen molar-refractivity contribution in [2.45, 2.75) is 32.6 Å². The molecule has 19 heavy (non-hydrogen) atoms. The van der Waals surface area contributed by atoms with Crippen molar-refractivity contribution in [2.24, 2.45) is 0 Å². The van der Waals surface area contributed by atoms with Crippen LogP contribution in [0.5, 0.6) is 5.75 Å². The van der Waals surface area contributed by atoms with Gasteiger partial charge in [0, 0.05) is 0 Å². The van der Waals surface area contributed by atoms with E-state index in [-0.39, 0.29) is 5.75 Å². The van der Waals surface area contributed by atoms with Gasteiger partial charge in [-0.15, -0.1) is 0 Å². The fourth-order valence-electron chi connectivity index (χ4n) is 1.65. The largest absolute Gasteiger partial charge is 0.492 e. The molecule has 0 aliphatic rings. The summed E-state index contributed by atoms with van der Waals surface area (Å²) in [6.45, 7) is 2.51. The molecule has 0 saturated heterocycles. The topological polar surface area (TPSA) is 63.6 Å². The van der Waals surface area contributed by atoms with E-state index in [9.17, 15) is 8.42 Å². The van der Waals surface area contributed by atoms with Crippen LogP contribution < -0.4 is 4.74 Å². The monoisotopic (exact) mass is 306 g/mol. The van der Waals surface area contributed by atoms with E-state index in [1.54, 1.807) is 0 Å². The molecule has 0 spiro atoms. The van der Waals surface area contributed by atoms with Gasteiger partial charge in [-0.25, -0.2) is 0 Å². The maximum absolute atomic E-state index is 10.5. The van der Waals surface area contributed by atoms with Crippen molar-refractivity contribution in [3.05, 3.63) is 28.8 Å². The highest BCUT2D eigenvalue weighted by Crippen LogP contribution is 2.25. The molecule has 6 heteroatoms. The van der Waals surface area contributed by atoms with E-state index in [0.29, 0.717) is 23.8 Å². The van der Waals surface area contributed by atoms with Crippen LogP contribution >= 0.6 is 11.6 Å². The summed E-state index contributed by atoms with van der Waals surface area (Å²) in [5.41, 5.74) is 1.09. The second kappa shape index (κ2) is 7.72. The molecule has 0 bridgehead atoms. The molecule has 108 valence electrons. The van der Waals surface area contributed by atoms with E-state index in [1.807, 2.05) is 25.1 Å². The first-order valence-electron chi connectivity index (χ1n) is 6.22. The summed E-state index contributed by atoms with van der Waals surface area (Å²) in [5, 5.41) is 0.603. The number of hydrogen-bond acceptors (Lipinski definition) is 3. The number of hydrogen-bond donors (Lipinski definition) is 1. The third-order valence-electron chi connectivity index (χ3n) is 2.64. The standard InChI is InChI=1S/C13H19ClO4S/c1-11-6-7-13(12(14)10-11)18-8-4-2-3-5-9-19(15,16)17/h6-7,10H,2-5,8-9H2,1H3,(H,15,16,17). The number of halogens is 1. The van der Waals surface area contributed by atoms with Crippen LogP contribution in [0.2, 0.25) is 5.02 Å². The number of unbranched alkanes of at least 4 members (excludes halogenated alkanes) is 3. The number of aryl methyl sites for hydroxylation is 1. The van der Waals surface area contributed by atoms with Crippen LogP contribution in [0, 0.1) is 6.92 Å². The Bertz CT molecular complexity index is 499. The van der Waals surface area contributed by atoms with Gasteiger partial charge in [-0.1, -0.05) is 30.5 Å². The highest BCUT2D eigenvalue weighted by molar-refractivity contribution is 7.85. The molecule has 0 aliphatic carbocycles. The van der Waals surface area contributed by atoms with Crippen molar-refractivity contribution >= 4 is 21.7 Å². The molecule has 0 heterocycles. The average molecular weight is 307 g/mol. The van der Waals surface area contributed by atoms with Crippen molar-refractivity contribution in [3.63, 3.8) is 0 Å². The maximum Gasteiger partial charge on any atom is 0.264 e. The summed E-state index contributed by atoms with van der Waals surface area (Å²) < 4.78 is 35.1. The van der Waals surface area contributed by atoms with Gasteiger partial charge in [-0.2, -0.15) is 8.42 Å². The molecule has 1 aromatic rings. The molecule has 0 aliphatic heterocycles. The Morgan fingerprint density at radius 1 is 1.21 bits per heavy atom. The Morgan fingerprint density at radius 2 is 1.89 bits per heavy atom. The van der Waals surface area contributed by atoms with Crippen molar-refractivity contribution < 1.29 is 17.7 Å². The van der Waals surface area contributed by atoms with Crippen LogP contribution in [0.1, 0.15) is 31.2 Å². The zero-order chi connectivity index (χ0) is 14.3. The smallest absolute Gasteiger partial charge is 0.264 e. The minimum atomic E-state index is -3.82. The first kappa shape index (κ1) is 16.3. The van der Waals surface area contributed by atoms with Crippen LogP contribution in [-0.2, 0) is 10.1 Å². The van der Waals surface area contributed by atoms with Gasteiger partial charge in [-0.05, 0) is 37.5 Å². The molecular formula is C13H19ClO4S. The minimum Gasteiger partial charge on any atom is -0.492 e. The van der Waals surface area contributed by atoms with Gasteiger partial charge in [0.2, 0.25) is 0 Å². The molecule has 0 atom stereocenters. The molecular weight excluding hydrogens is 288 g/mol. The summed E-state index contributed by atoms with van der Waals surface area (Å²) in [5.74, 6) is 0.502. The lowest BCUT2D eigenvalue weighted by Crippen LogP contribution is -2.04. The molecule has 1 N–H and O–H groups in total. The minimum absolute atomic E-state index is 0.169. The fourth-order valence-corrected chi connectivity index (χ4v) is 2.50. The lowest BCUT2D eigenvalue weighted by atomic mass is 10.2. The molecule has 1 aromatic carbocycles. The summed E-state index contributed by atoms with van der Waals surface area (Å²) in [7, 11) is -3.82. The van der Waals surface area contributed by atoms with Crippen LogP contribution in [-0.4, -0.2) is 25.3 Å². The van der Waals surface area contributed by atoms with E-state index < -0.39 is 10.1 Å². The van der Waals surface area contributed by atoms with Crippen molar-refractivity contribution in [2.75, 3.05) is 12.4 Å². The molecule has 0 aromatic heterocycles. The van der Waals surface area contributed by atoms with Crippen LogP contribution in [0.4, 0.5) is 0 Å². The second-order valence-electron chi connectivity index (χ2n) is 4.48. The SMILES string of the molecule is Cc1ccc(OCCCCCCS(=O)(=O)O)c(Cl)c1. The van der Waals surface area contributed by atoms with Gasteiger partial charge in [-0.3, -0.25) is 4.55 Å². The van der Waals surface area contributed by atoms with Crippen molar-refractivity contribution in [1.82, 2.24) is 0 Å². The lowest BCUT2D eigenvalue weighted by molar-refractivity contribution is 0.305. The zero-order valence-electron chi connectivity index (χ0n) is 10.9. The fraction of sp³-hybridized carbons (Fsp3) is 0.538. The van der Waals surface area contributed by atoms with E-state index in [2.05, 4.69) is 0 Å². The first-order chi connectivity index (χ1) is 8.88. The van der Waals surface area contributed by atoms with Crippen molar-refractivity contribution in [3.8, 4) is 5.75 Å². The molecule has 0 unspecified atom stereocenters. The van der Waals surface area contributed by atoms with Gasteiger partial charge in [0.15, 0.2) is 0 Å². The van der Waals surface area contributed by atoms with E-state index in [0.717, 1.165) is 24.8 Å². The van der Waals surface area contributed by atoms with Gasteiger partial charge >= 0.3 is 0 Å². The van der Waals surface area contributed by atoms with Gasteiger partial charge < -0.3 is 4.74 Å². The lowest BCUT2D eigenvalue weighted by Gasteiger charge is -2.08. The predicted octanol–water partition coefficient (Wildman–Crippen LogP) is 3.48. The number of ether oxygens (including phenoxy) is 1. The van der Waals surface area contributed by atoms with E-state index in [1.165, 1.54) is 0 Å². The van der Waals surface area contributed by atoms with Crippen LogP contribution in [0.15, 0.2) is 18.2 Å². The third-order valence-corrected chi connectivity index (χ3v) is 3.74. The van der Waals surface area contributed by atoms with Gasteiger partial charge in [0.25, 0.3) is 10.1 Å². The molecule has 0 fully saturated rings. The first-order valence-corrected chi connectivity index (χ1v) is 8.21.